The van der Waals surface area contributed by atoms with Gasteiger partial charge in [-0.2, -0.15) is 0 Å². The molecule has 7 heteroatoms. The van der Waals surface area contributed by atoms with Gasteiger partial charge in [0, 0.05) is 5.75 Å². The van der Waals surface area contributed by atoms with Gasteiger partial charge in [-0.25, -0.2) is 0 Å². The lowest BCUT2D eigenvalue weighted by Gasteiger charge is -2.26. The first kappa shape index (κ1) is 15.9. The van der Waals surface area contributed by atoms with Crippen molar-refractivity contribution in [3.05, 3.63) is 12.7 Å². The van der Waals surface area contributed by atoms with Crippen LogP contribution in [0.5, 0.6) is 0 Å². The number of hydrogen-bond acceptors (Lipinski definition) is 6. The highest BCUT2D eigenvalue weighted by atomic mass is 32.2. The van der Waals surface area contributed by atoms with Crippen molar-refractivity contribution in [1.29, 1.82) is 0 Å². The van der Waals surface area contributed by atoms with Gasteiger partial charge < -0.3 is 5.73 Å². The number of rotatable bonds is 8. The van der Waals surface area contributed by atoms with E-state index in [1.165, 1.54) is 37.4 Å². The van der Waals surface area contributed by atoms with Crippen LogP contribution in [-0.4, -0.2) is 27.6 Å². The zero-order valence-electron chi connectivity index (χ0n) is 11.3. The molecule has 2 rings (SSSR count). The third-order valence-electron chi connectivity index (χ3n) is 3.47. The second kappa shape index (κ2) is 7.47. The molecule has 4 nitrogen and oxygen atoms in total. The van der Waals surface area contributed by atoms with Crippen LogP contribution in [0.4, 0.5) is 0 Å². The molecule has 1 fully saturated rings. The Morgan fingerprint density at radius 3 is 2.60 bits per heavy atom. The third kappa shape index (κ3) is 4.49. The van der Waals surface area contributed by atoms with E-state index in [9.17, 15) is 4.79 Å². The minimum atomic E-state index is -0.324. The minimum Gasteiger partial charge on any atom is -0.369 e. The molecule has 0 aromatic carbocycles. The number of amides is 1. The predicted octanol–water partition coefficient (Wildman–Crippen LogP) is 3.34. The van der Waals surface area contributed by atoms with E-state index in [1.807, 2.05) is 6.08 Å². The van der Waals surface area contributed by atoms with Crippen molar-refractivity contribution < 1.29 is 4.79 Å². The van der Waals surface area contributed by atoms with Crippen LogP contribution in [0.3, 0.4) is 0 Å². The summed E-state index contributed by atoms with van der Waals surface area (Å²) in [5.41, 5.74) is 5.52. The van der Waals surface area contributed by atoms with Crippen LogP contribution >= 0.6 is 34.9 Å². The van der Waals surface area contributed by atoms with E-state index in [-0.39, 0.29) is 11.7 Å². The molecule has 0 unspecified atom stereocenters. The molecule has 1 heterocycles. The average Bonchev–Trinajstić information content (AvgIpc) is 3.04. The Morgan fingerprint density at radius 1 is 1.35 bits per heavy atom. The first-order valence-corrected chi connectivity index (χ1v) is 9.41. The zero-order valence-corrected chi connectivity index (χ0v) is 13.8. The van der Waals surface area contributed by atoms with Crippen molar-refractivity contribution in [3.8, 4) is 0 Å². The van der Waals surface area contributed by atoms with E-state index in [2.05, 4.69) is 16.8 Å². The maximum Gasteiger partial charge on any atom is 0.227 e. The van der Waals surface area contributed by atoms with E-state index < -0.39 is 0 Å². The van der Waals surface area contributed by atoms with Gasteiger partial charge in [0.2, 0.25) is 5.91 Å². The van der Waals surface area contributed by atoms with Crippen molar-refractivity contribution >= 4 is 40.8 Å². The first-order valence-electron chi connectivity index (χ1n) is 6.62. The lowest BCUT2D eigenvalue weighted by molar-refractivity contribution is -0.115. The summed E-state index contributed by atoms with van der Waals surface area (Å²) in [7, 11) is 0. The van der Waals surface area contributed by atoms with Crippen molar-refractivity contribution in [2.75, 3.05) is 11.5 Å². The second-order valence-electron chi connectivity index (χ2n) is 5.08. The number of primary amides is 1. The van der Waals surface area contributed by atoms with Crippen LogP contribution in [0.15, 0.2) is 21.3 Å². The number of aromatic nitrogens is 2. The van der Waals surface area contributed by atoms with Gasteiger partial charge in [0.15, 0.2) is 8.68 Å². The first-order chi connectivity index (χ1) is 9.63. The topological polar surface area (TPSA) is 68.9 Å². The molecule has 0 atom stereocenters. The summed E-state index contributed by atoms with van der Waals surface area (Å²) in [6, 6.07) is 0. The number of hydrogen-bond donors (Lipinski definition) is 1. The molecule has 1 aromatic heterocycles. The lowest BCUT2D eigenvalue weighted by Crippen LogP contribution is -2.18. The zero-order chi connectivity index (χ0) is 14.4. The number of carbonyl (C=O) groups is 1. The summed E-state index contributed by atoms with van der Waals surface area (Å²) in [4.78, 5) is 10.7. The van der Waals surface area contributed by atoms with E-state index in [0.29, 0.717) is 5.41 Å². The largest absolute Gasteiger partial charge is 0.369 e. The van der Waals surface area contributed by atoms with Crippen LogP contribution < -0.4 is 5.73 Å². The van der Waals surface area contributed by atoms with E-state index in [4.69, 9.17) is 5.73 Å². The Morgan fingerprint density at radius 2 is 2.00 bits per heavy atom. The summed E-state index contributed by atoms with van der Waals surface area (Å²) >= 11 is 4.68. The summed E-state index contributed by atoms with van der Waals surface area (Å²) < 4.78 is 1.79. The highest BCUT2D eigenvalue weighted by Gasteiger charge is 2.32. The molecule has 20 heavy (non-hydrogen) atoms. The second-order valence-corrected chi connectivity index (χ2v) is 8.50. The summed E-state index contributed by atoms with van der Waals surface area (Å²) in [5.74, 6) is 1.02. The molecule has 1 saturated carbocycles. The summed E-state index contributed by atoms with van der Waals surface area (Å²) in [6.07, 6.45) is 8.35. The van der Waals surface area contributed by atoms with Gasteiger partial charge >= 0.3 is 0 Å². The number of carbonyl (C=O) groups excluding carboxylic acids is 1. The average molecular weight is 330 g/mol. The quantitative estimate of drug-likeness (QED) is 0.585. The van der Waals surface area contributed by atoms with Crippen LogP contribution in [0.2, 0.25) is 0 Å². The molecule has 2 N–H and O–H groups in total. The van der Waals surface area contributed by atoms with Crippen LogP contribution in [0.25, 0.3) is 0 Å². The third-order valence-corrected chi connectivity index (χ3v) is 7.03. The maximum atomic E-state index is 10.7. The smallest absolute Gasteiger partial charge is 0.227 e. The van der Waals surface area contributed by atoms with Crippen LogP contribution in [-0.2, 0) is 4.79 Å². The predicted molar refractivity (Wildman–Crippen MR) is 86.3 cm³/mol. The fourth-order valence-corrected chi connectivity index (χ4v) is 5.57. The lowest BCUT2D eigenvalue weighted by atomic mass is 9.85. The van der Waals surface area contributed by atoms with Crippen molar-refractivity contribution in [2.45, 2.75) is 40.8 Å². The van der Waals surface area contributed by atoms with E-state index in [0.717, 1.165) is 20.9 Å². The van der Waals surface area contributed by atoms with E-state index in [1.54, 1.807) is 23.1 Å². The SMILES string of the molecule is C=CCC1(CSc2nnc(SCC(N)=O)s2)CCCC1. The molecule has 0 bridgehead atoms. The van der Waals surface area contributed by atoms with Crippen molar-refractivity contribution in [3.63, 3.8) is 0 Å². The normalized spacial score (nSPS) is 17.2. The molecule has 1 aliphatic rings. The molecule has 1 aromatic rings. The van der Waals surface area contributed by atoms with Gasteiger partial charge in [-0.15, -0.1) is 16.8 Å². The van der Waals surface area contributed by atoms with Gasteiger partial charge in [0.1, 0.15) is 0 Å². The Hall–Kier alpha value is -0.530. The molecule has 0 saturated heterocycles. The molecule has 0 aliphatic heterocycles. The number of thioether (sulfide) groups is 2. The summed E-state index contributed by atoms with van der Waals surface area (Å²) in [5, 5.41) is 8.26. The van der Waals surface area contributed by atoms with Crippen molar-refractivity contribution in [2.24, 2.45) is 11.1 Å². The van der Waals surface area contributed by atoms with Crippen LogP contribution in [0, 0.1) is 5.41 Å². The Labute approximate surface area is 132 Å². The Balaban J connectivity index is 1.86. The molecule has 1 aliphatic carbocycles. The fraction of sp³-hybridized carbons (Fsp3) is 0.615. The van der Waals surface area contributed by atoms with Gasteiger partial charge in [-0.05, 0) is 24.7 Å². The fourth-order valence-electron chi connectivity index (χ4n) is 2.50. The molecular weight excluding hydrogens is 310 g/mol. The van der Waals surface area contributed by atoms with Gasteiger partial charge in [-0.3, -0.25) is 4.79 Å². The molecular formula is C13H19N3OS3. The highest BCUT2D eigenvalue weighted by Crippen LogP contribution is 2.45. The molecule has 1 amide bonds. The maximum absolute atomic E-state index is 10.7. The standard InChI is InChI=1S/C13H19N3OS3/c1-2-5-13(6-3-4-7-13)9-19-12-16-15-11(20-12)18-8-10(14)17/h2H,1,3-9H2,(H2,14,17). The Kier molecular flexibility index (Phi) is 5.92. The van der Waals surface area contributed by atoms with Crippen LogP contribution in [0.1, 0.15) is 32.1 Å². The number of nitrogens with two attached hydrogens (primary N) is 1. The number of nitrogens with zero attached hydrogens (tertiary/aromatic N) is 2. The monoisotopic (exact) mass is 329 g/mol. The van der Waals surface area contributed by atoms with Gasteiger partial charge in [-0.1, -0.05) is 53.8 Å². The number of allylic oxidation sites excluding steroid dienone is 1. The van der Waals surface area contributed by atoms with Crippen molar-refractivity contribution in [1.82, 2.24) is 10.2 Å². The Bertz CT molecular complexity index is 469. The highest BCUT2D eigenvalue weighted by molar-refractivity contribution is 8.03. The molecule has 0 radical (unpaired) electrons. The van der Waals surface area contributed by atoms with Gasteiger partial charge in [0.05, 0.1) is 5.75 Å². The molecule has 110 valence electrons. The molecule has 0 spiro atoms. The van der Waals surface area contributed by atoms with Gasteiger partial charge in [0.25, 0.3) is 0 Å². The minimum absolute atomic E-state index is 0.264. The van der Waals surface area contributed by atoms with E-state index >= 15 is 0 Å². The summed E-state index contributed by atoms with van der Waals surface area (Å²) in [6.45, 7) is 3.89.